The number of piperazine rings is 1. The maximum atomic E-state index is 15.1. The van der Waals surface area contributed by atoms with E-state index in [0.29, 0.717) is 75.6 Å². The molecule has 1 N–H and O–H groups in total. The van der Waals surface area contributed by atoms with Gasteiger partial charge in [-0.2, -0.15) is 5.26 Å². The van der Waals surface area contributed by atoms with E-state index < -0.39 is 65.2 Å². The van der Waals surface area contributed by atoms with Crippen molar-refractivity contribution in [3.05, 3.63) is 88.4 Å². The maximum absolute atomic E-state index is 15.1. The molecule has 4 bridgehead atoms. The molecular weight excluding hydrogens is 865 g/mol. The normalized spacial score (nSPS) is 25.8. The Balaban J connectivity index is 1.30. The number of fused-ring (bicyclic) bond motifs is 9. The van der Waals surface area contributed by atoms with Gasteiger partial charge in [0.2, 0.25) is 6.79 Å². The van der Waals surface area contributed by atoms with E-state index in [0.717, 1.165) is 18.1 Å². The molecule has 0 amide bonds. The Kier molecular flexibility index (Phi) is 11.3. The molecule has 3 aromatic carbocycles. The van der Waals surface area contributed by atoms with Crippen LogP contribution >= 0.6 is 11.8 Å². The smallest absolute Gasteiger partial charge is 0.493 e. The number of rotatable bonds is 7. The van der Waals surface area contributed by atoms with Crippen LogP contribution in [0.15, 0.2) is 43.9 Å². The topological polar surface area (TPSA) is 203 Å². The number of nitrogens with one attached hydrogen (secondary N) is 1. The summed E-state index contributed by atoms with van der Waals surface area (Å²) in [6, 6.07) is 4.54. The quantitative estimate of drug-likeness (QED) is 0.0965. The van der Waals surface area contributed by atoms with Gasteiger partial charge < -0.3 is 47.4 Å². The van der Waals surface area contributed by atoms with Crippen molar-refractivity contribution < 1.29 is 66.5 Å². The first-order valence-corrected chi connectivity index (χ1v) is 21.8. The molecule has 1 spiro atoms. The second-order valence-corrected chi connectivity index (χ2v) is 17.5. The molecule has 340 valence electrons. The number of nitrogens with zero attached hydrogens (tertiary/aromatic N) is 3. The van der Waals surface area contributed by atoms with Crippen molar-refractivity contribution in [3.63, 3.8) is 0 Å². The first-order valence-electron chi connectivity index (χ1n) is 20.8. The molecule has 7 aliphatic heterocycles. The number of methoxy groups -OCH3 is 2. The van der Waals surface area contributed by atoms with Crippen molar-refractivity contribution in [3.8, 4) is 46.3 Å². The Morgan fingerprint density at radius 2 is 1.66 bits per heavy atom. The number of likely N-dealkylation sites (N-methyl/N-ethyl adjacent to an activating group) is 1. The van der Waals surface area contributed by atoms with Crippen molar-refractivity contribution in [2.75, 3.05) is 47.0 Å². The first-order chi connectivity index (χ1) is 31.3. The average molecular weight is 911 g/mol. The van der Waals surface area contributed by atoms with Crippen molar-refractivity contribution in [1.29, 1.82) is 5.26 Å². The fraction of sp³-hybridized carbons (Fsp3) is 0.413. The molecule has 1 unspecified atom stereocenters. The summed E-state index contributed by atoms with van der Waals surface area (Å²) in [7, 11) is 4.84. The van der Waals surface area contributed by atoms with Crippen LogP contribution in [0, 0.1) is 25.2 Å². The van der Waals surface area contributed by atoms with Crippen molar-refractivity contribution in [2.45, 2.75) is 74.6 Å². The molecule has 7 aliphatic rings. The third-order valence-electron chi connectivity index (χ3n) is 13.1. The number of hydrogen-bond acceptors (Lipinski definition) is 19. The van der Waals surface area contributed by atoms with Gasteiger partial charge in [0.15, 0.2) is 40.0 Å². The second kappa shape index (κ2) is 16.8. The van der Waals surface area contributed by atoms with E-state index in [1.807, 2.05) is 20.0 Å². The Morgan fingerprint density at radius 3 is 2.35 bits per heavy atom. The second-order valence-electron chi connectivity index (χ2n) is 16.3. The molecule has 7 heterocycles. The van der Waals surface area contributed by atoms with Crippen LogP contribution in [0.25, 0.3) is 0 Å². The summed E-state index contributed by atoms with van der Waals surface area (Å²) in [6.45, 7) is 11.8. The number of carbonyl (C=O) groups excluding carboxylic acids is 4. The number of carbonyl (C=O) groups is 4. The summed E-state index contributed by atoms with van der Waals surface area (Å²) in [6.07, 6.45) is 0.711. The van der Waals surface area contributed by atoms with Gasteiger partial charge in [-0.25, -0.2) is 14.4 Å². The van der Waals surface area contributed by atoms with E-state index in [-0.39, 0.29) is 42.2 Å². The zero-order chi connectivity index (χ0) is 46.1. The highest BCUT2D eigenvalue weighted by Crippen LogP contribution is 2.65. The van der Waals surface area contributed by atoms with E-state index in [9.17, 15) is 19.6 Å². The van der Waals surface area contributed by atoms with E-state index in [4.69, 9.17) is 47.4 Å². The lowest BCUT2D eigenvalue weighted by molar-refractivity contribution is -0.157. The van der Waals surface area contributed by atoms with Crippen molar-refractivity contribution in [2.24, 2.45) is 0 Å². The minimum atomic E-state index is -1.51. The number of hydrogen-bond donors (Lipinski definition) is 1. The molecule has 19 heteroatoms. The Hall–Kier alpha value is -6.46. The Bertz CT molecular complexity index is 2610. The van der Waals surface area contributed by atoms with Crippen LogP contribution in [0.2, 0.25) is 0 Å². The molecule has 3 aromatic rings. The van der Waals surface area contributed by atoms with Crippen LogP contribution in [-0.2, 0) is 42.2 Å². The highest BCUT2D eigenvalue weighted by molar-refractivity contribution is 7.99. The maximum Gasteiger partial charge on any atom is 0.518 e. The Labute approximate surface area is 378 Å². The SMILES string of the molecule is C=COC(=O)Oc1cc2c(cc1OC)[C@@]1(CS[C@@H]3c4c(OC(C)=O)c(C)c5c(c4[C@@H](COC1=O)N1C3[C@H]3c4c(cc(C)c(OC)c4OC(=O)OC=C)C[C@@H]([C@@H]1C#N)N3C)OCO5)NCC2. The summed E-state index contributed by atoms with van der Waals surface area (Å²) >= 11 is 1.40. The lowest BCUT2D eigenvalue weighted by Crippen LogP contribution is -2.69. The third kappa shape index (κ3) is 6.80. The Morgan fingerprint density at radius 1 is 0.923 bits per heavy atom. The minimum absolute atomic E-state index is 0.0307. The highest BCUT2D eigenvalue weighted by atomic mass is 32.2. The molecule has 65 heavy (non-hydrogen) atoms. The average Bonchev–Trinajstić information content (AvgIpc) is 3.77. The zero-order valence-corrected chi connectivity index (χ0v) is 37.3. The lowest BCUT2D eigenvalue weighted by atomic mass is 9.71. The van der Waals surface area contributed by atoms with Crippen molar-refractivity contribution in [1.82, 2.24) is 15.1 Å². The summed E-state index contributed by atoms with van der Waals surface area (Å²) in [5.41, 5.74) is 3.59. The minimum Gasteiger partial charge on any atom is -0.493 e. The van der Waals surface area contributed by atoms with Crippen LogP contribution in [0.4, 0.5) is 9.59 Å². The van der Waals surface area contributed by atoms with Gasteiger partial charge in [0, 0.05) is 53.6 Å². The molecular formula is C46H46N4O14S. The number of thioether (sulfide) groups is 1. The van der Waals surface area contributed by atoms with Gasteiger partial charge in [0.05, 0.1) is 50.1 Å². The fourth-order valence-corrected chi connectivity index (χ4v) is 12.4. The molecule has 0 radical (unpaired) electrons. The van der Waals surface area contributed by atoms with Gasteiger partial charge in [-0.1, -0.05) is 19.2 Å². The van der Waals surface area contributed by atoms with Crippen LogP contribution < -0.4 is 38.5 Å². The van der Waals surface area contributed by atoms with Crippen LogP contribution in [0.5, 0.6) is 40.2 Å². The van der Waals surface area contributed by atoms with Crippen LogP contribution in [0.1, 0.15) is 68.8 Å². The number of ether oxygens (including phenoxy) is 10. The van der Waals surface area contributed by atoms with Gasteiger partial charge in [-0.15, -0.1) is 11.8 Å². The summed E-state index contributed by atoms with van der Waals surface area (Å²) in [5.74, 6) is 0.592. The lowest BCUT2D eigenvalue weighted by Gasteiger charge is -2.62. The molecule has 18 nitrogen and oxygen atoms in total. The highest BCUT2D eigenvalue weighted by Gasteiger charge is 2.62. The van der Waals surface area contributed by atoms with Gasteiger partial charge in [0.25, 0.3) is 0 Å². The zero-order valence-electron chi connectivity index (χ0n) is 36.5. The van der Waals surface area contributed by atoms with Crippen molar-refractivity contribution >= 4 is 36.0 Å². The molecule has 2 saturated heterocycles. The number of esters is 2. The van der Waals surface area contributed by atoms with E-state index >= 15 is 4.79 Å². The van der Waals surface area contributed by atoms with Gasteiger partial charge >= 0.3 is 24.2 Å². The molecule has 0 saturated carbocycles. The predicted octanol–water partition coefficient (Wildman–Crippen LogP) is 5.89. The summed E-state index contributed by atoms with van der Waals surface area (Å²) in [5, 5.41) is 14.1. The largest absolute Gasteiger partial charge is 0.518 e. The molecule has 2 fully saturated rings. The van der Waals surface area contributed by atoms with E-state index in [1.165, 1.54) is 32.9 Å². The first kappa shape index (κ1) is 43.8. The third-order valence-corrected chi connectivity index (χ3v) is 14.6. The monoisotopic (exact) mass is 910 g/mol. The summed E-state index contributed by atoms with van der Waals surface area (Å²) in [4.78, 5) is 58.1. The fourth-order valence-electron chi connectivity index (χ4n) is 10.7. The molecule has 10 rings (SSSR count). The van der Waals surface area contributed by atoms with E-state index in [1.54, 1.807) is 19.1 Å². The van der Waals surface area contributed by atoms with Crippen LogP contribution in [0.3, 0.4) is 0 Å². The molecule has 0 aromatic heterocycles. The predicted molar refractivity (Wildman–Crippen MR) is 229 cm³/mol. The number of benzene rings is 3. The number of nitriles is 1. The number of aryl methyl sites for hydroxylation is 1. The van der Waals surface area contributed by atoms with E-state index in [2.05, 4.69) is 34.3 Å². The standard InChI is InChI=1S/C46H46N4O14S/c1-9-57-44(53)63-31-15-24-11-12-48-46(26(24)16-30(31)55-7)19-65-42-34-33(40-39(60-20-61-40)22(4)38(34)62-23(5)51)29(18-59-43(46)52)50-28(17-47)27-14-25-13-21(3)37(56-8)41(64-45(54)58-10-2)32(25)35(36(42)50)49(27)6/h9-10,13,15-16,27-29,35-36,42,48H,1-2,11-12,14,18-20H2,3-8H3/t27-,28-,29+,35+,36?,42+,46+/m0/s1. The summed E-state index contributed by atoms with van der Waals surface area (Å²) < 4.78 is 58.1. The van der Waals surface area contributed by atoms with Gasteiger partial charge in [0.1, 0.15) is 18.4 Å². The van der Waals surface area contributed by atoms with Crippen LogP contribution in [-0.4, -0.2) is 99.1 Å². The van der Waals surface area contributed by atoms with Gasteiger partial charge in [-0.3, -0.25) is 19.9 Å². The molecule has 7 atom stereocenters. The van der Waals surface area contributed by atoms with Gasteiger partial charge in [-0.05, 0) is 68.1 Å². The molecule has 0 aliphatic carbocycles.